The third kappa shape index (κ3) is 2.78. The Morgan fingerprint density at radius 2 is 2.10 bits per heavy atom. The molecular weight excluding hydrogens is 393 g/mol. The molecule has 0 atom stereocenters. The molecule has 0 saturated carbocycles. The van der Waals surface area contributed by atoms with Gasteiger partial charge in [-0.05, 0) is 52.9 Å². The summed E-state index contributed by atoms with van der Waals surface area (Å²) in [6.07, 6.45) is 1.54. The molecule has 1 aliphatic heterocycles. The SMILES string of the molecule is O=C1OC(c2cccc(Cl)c2)=NC1=Cc1ccc(I)o1. The van der Waals surface area contributed by atoms with Gasteiger partial charge in [0.15, 0.2) is 9.46 Å². The standard InChI is InChI=1S/C14H7ClINO3/c15-9-3-1-2-8(6-9)13-17-11(14(18)20-13)7-10-4-5-12(16)19-10/h1-7H. The van der Waals surface area contributed by atoms with Gasteiger partial charge in [0.05, 0.1) is 0 Å². The molecule has 0 aliphatic carbocycles. The highest BCUT2D eigenvalue weighted by molar-refractivity contribution is 14.1. The van der Waals surface area contributed by atoms with Crippen LogP contribution in [0.5, 0.6) is 0 Å². The molecule has 0 saturated heterocycles. The van der Waals surface area contributed by atoms with Crippen molar-refractivity contribution in [3.05, 3.63) is 62.2 Å². The van der Waals surface area contributed by atoms with Crippen LogP contribution in [-0.2, 0) is 9.53 Å². The van der Waals surface area contributed by atoms with Gasteiger partial charge in [-0.2, -0.15) is 0 Å². The van der Waals surface area contributed by atoms with E-state index in [0.29, 0.717) is 16.3 Å². The van der Waals surface area contributed by atoms with E-state index in [2.05, 4.69) is 4.99 Å². The zero-order chi connectivity index (χ0) is 14.1. The molecule has 0 N–H and O–H groups in total. The summed E-state index contributed by atoms with van der Waals surface area (Å²) in [5.41, 5.74) is 0.856. The van der Waals surface area contributed by atoms with Crippen molar-refractivity contribution in [1.82, 2.24) is 0 Å². The molecule has 0 radical (unpaired) electrons. The van der Waals surface area contributed by atoms with Gasteiger partial charge in [-0.3, -0.25) is 0 Å². The summed E-state index contributed by atoms with van der Waals surface area (Å²) in [7, 11) is 0. The number of rotatable bonds is 2. The minimum atomic E-state index is -0.508. The predicted octanol–water partition coefficient (Wildman–Crippen LogP) is 3.88. The lowest BCUT2D eigenvalue weighted by atomic mass is 10.2. The lowest BCUT2D eigenvalue weighted by Crippen LogP contribution is -2.05. The summed E-state index contributed by atoms with van der Waals surface area (Å²) in [4.78, 5) is 15.9. The molecule has 0 bridgehead atoms. The molecule has 0 amide bonds. The summed E-state index contributed by atoms with van der Waals surface area (Å²) < 4.78 is 11.2. The maximum atomic E-state index is 11.8. The van der Waals surface area contributed by atoms with Gasteiger partial charge in [0.25, 0.3) is 0 Å². The van der Waals surface area contributed by atoms with E-state index >= 15 is 0 Å². The van der Waals surface area contributed by atoms with Crippen molar-refractivity contribution >= 4 is 52.1 Å². The fourth-order valence-corrected chi connectivity index (χ4v) is 2.32. The first kappa shape index (κ1) is 13.4. The minimum absolute atomic E-state index is 0.200. The van der Waals surface area contributed by atoms with E-state index in [1.165, 1.54) is 0 Å². The monoisotopic (exact) mass is 399 g/mol. The predicted molar refractivity (Wildman–Crippen MR) is 83.5 cm³/mol. The molecular formula is C14H7ClINO3. The van der Waals surface area contributed by atoms with Crippen LogP contribution in [0.2, 0.25) is 5.02 Å². The maximum absolute atomic E-state index is 11.8. The van der Waals surface area contributed by atoms with E-state index < -0.39 is 5.97 Å². The molecule has 3 rings (SSSR count). The third-order valence-electron chi connectivity index (χ3n) is 2.57. The number of halogens is 2. The quantitative estimate of drug-likeness (QED) is 0.437. The Morgan fingerprint density at radius 1 is 1.25 bits per heavy atom. The summed E-state index contributed by atoms with van der Waals surface area (Å²) in [5.74, 6) is 0.286. The number of carbonyl (C=O) groups excluding carboxylic acids is 1. The van der Waals surface area contributed by atoms with Crippen LogP contribution in [0.3, 0.4) is 0 Å². The van der Waals surface area contributed by atoms with E-state index in [-0.39, 0.29) is 11.6 Å². The highest BCUT2D eigenvalue weighted by Crippen LogP contribution is 2.21. The molecule has 0 spiro atoms. The van der Waals surface area contributed by atoms with Gasteiger partial charge >= 0.3 is 5.97 Å². The molecule has 2 aromatic rings. The zero-order valence-electron chi connectivity index (χ0n) is 9.97. The van der Waals surface area contributed by atoms with E-state index in [9.17, 15) is 4.79 Å². The van der Waals surface area contributed by atoms with Gasteiger partial charge in [0.2, 0.25) is 5.90 Å². The van der Waals surface area contributed by atoms with E-state index in [1.807, 2.05) is 22.6 Å². The van der Waals surface area contributed by atoms with Crippen LogP contribution in [-0.4, -0.2) is 11.9 Å². The number of esters is 1. The maximum Gasteiger partial charge on any atom is 0.363 e. The number of hydrogen-bond donors (Lipinski definition) is 0. The van der Waals surface area contributed by atoms with Crippen LogP contribution < -0.4 is 0 Å². The van der Waals surface area contributed by atoms with Crippen LogP contribution in [0.4, 0.5) is 0 Å². The van der Waals surface area contributed by atoms with Crippen molar-refractivity contribution in [2.24, 2.45) is 4.99 Å². The first-order valence-electron chi connectivity index (χ1n) is 5.66. The number of carbonyl (C=O) groups is 1. The second-order valence-corrected chi connectivity index (χ2v) is 5.49. The van der Waals surface area contributed by atoms with Crippen molar-refractivity contribution < 1.29 is 13.9 Å². The van der Waals surface area contributed by atoms with E-state index in [4.69, 9.17) is 20.8 Å². The summed E-state index contributed by atoms with van der Waals surface area (Å²) >= 11 is 7.95. The number of aliphatic imine (C=N–C) groups is 1. The normalized spacial score (nSPS) is 16.4. The fourth-order valence-electron chi connectivity index (χ4n) is 1.69. The highest BCUT2D eigenvalue weighted by atomic mass is 127. The van der Waals surface area contributed by atoms with Crippen LogP contribution in [0.25, 0.3) is 6.08 Å². The van der Waals surface area contributed by atoms with Crippen molar-refractivity contribution in [3.8, 4) is 0 Å². The Bertz CT molecular complexity index is 748. The van der Waals surface area contributed by atoms with Crippen LogP contribution in [0, 0.1) is 3.77 Å². The lowest BCUT2D eigenvalue weighted by Gasteiger charge is -1.98. The molecule has 4 nitrogen and oxygen atoms in total. The van der Waals surface area contributed by atoms with Gasteiger partial charge in [-0.25, -0.2) is 9.79 Å². The van der Waals surface area contributed by atoms with Gasteiger partial charge in [0.1, 0.15) is 5.76 Å². The van der Waals surface area contributed by atoms with Crippen LogP contribution in [0.1, 0.15) is 11.3 Å². The second-order valence-electron chi connectivity index (χ2n) is 3.99. The lowest BCUT2D eigenvalue weighted by molar-refractivity contribution is -0.129. The minimum Gasteiger partial charge on any atom is -0.451 e. The fraction of sp³-hybridized carbons (Fsp3) is 0. The summed E-state index contributed by atoms with van der Waals surface area (Å²) in [6, 6.07) is 10.5. The zero-order valence-corrected chi connectivity index (χ0v) is 12.9. The smallest absolute Gasteiger partial charge is 0.363 e. The van der Waals surface area contributed by atoms with Crippen LogP contribution >= 0.6 is 34.2 Å². The topological polar surface area (TPSA) is 51.8 Å². The molecule has 6 heteroatoms. The summed E-state index contributed by atoms with van der Waals surface area (Å²) in [5, 5.41) is 0.555. The Balaban J connectivity index is 1.94. The summed E-state index contributed by atoms with van der Waals surface area (Å²) in [6.45, 7) is 0. The molecule has 1 aromatic heterocycles. The third-order valence-corrected chi connectivity index (χ3v) is 3.38. The molecule has 1 aromatic carbocycles. The van der Waals surface area contributed by atoms with E-state index in [1.54, 1.807) is 42.5 Å². The van der Waals surface area contributed by atoms with Crippen molar-refractivity contribution in [2.45, 2.75) is 0 Å². The molecule has 0 fully saturated rings. The first-order chi connectivity index (χ1) is 9.61. The Hall–Kier alpha value is -1.60. The molecule has 1 aliphatic rings. The van der Waals surface area contributed by atoms with Crippen molar-refractivity contribution in [2.75, 3.05) is 0 Å². The number of hydrogen-bond acceptors (Lipinski definition) is 4. The number of cyclic esters (lactones) is 1. The van der Waals surface area contributed by atoms with Crippen molar-refractivity contribution in [3.63, 3.8) is 0 Å². The first-order valence-corrected chi connectivity index (χ1v) is 7.11. The number of ether oxygens (including phenoxy) is 1. The van der Waals surface area contributed by atoms with Gasteiger partial charge < -0.3 is 9.15 Å². The van der Waals surface area contributed by atoms with Crippen LogP contribution in [0.15, 0.2) is 51.5 Å². The highest BCUT2D eigenvalue weighted by Gasteiger charge is 2.24. The van der Waals surface area contributed by atoms with E-state index in [0.717, 1.165) is 3.77 Å². The van der Waals surface area contributed by atoms with Gasteiger partial charge in [0, 0.05) is 16.7 Å². The number of furan rings is 1. The average molecular weight is 400 g/mol. The Kier molecular flexibility index (Phi) is 3.62. The molecule has 20 heavy (non-hydrogen) atoms. The largest absolute Gasteiger partial charge is 0.451 e. The second kappa shape index (κ2) is 5.41. The van der Waals surface area contributed by atoms with Gasteiger partial charge in [-0.15, -0.1) is 0 Å². The number of nitrogens with zero attached hydrogens (tertiary/aromatic N) is 1. The molecule has 0 unspecified atom stereocenters. The van der Waals surface area contributed by atoms with Crippen molar-refractivity contribution in [1.29, 1.82) is 0 Å². The average Bonchev–Trinajstić information content (AvgIpc) is 2.97. The molecule has 100 valence electrons. The van der Waals surface area contributed by atoms with Gasteiger partial charge in [-0.1, -0.05) is 17.7 Å². The Morgan fingerprint density at radius 3 is 2.80 bits per heavy atom. The molecule has 2 heterocycles. The number of benzene rings is 1. The Labute approximate surface area is 133 Å².